The molecular formula is C19H15N4O2S-. The molecule has 0 radical (unpaired) electrons. The number of carbonyl (C=O) groups is 1. The maximum absolute atomic E-state index is 11.2. The number of nitrogens with zero attached hydrogens (tertiary/aromatic N) is 4. The van der Waals surface area contributed by atoms with Crippen molar-refractivity contribution in [3.63, 3.8) is 0 Å². The lowest BCUT2D eigenvalue weighted by atomic mass is 10.1. The summed E-state index contributed by atoms with van der Waals surface area (Å²) in [7, 11) is 0. The number of rotatable bonds is 4. The van der Waals surface area contributed by atoms with Crippen molar-refractivity contribution in [3.05, 3.63) is 65.7 Å². The first-order chi connectivity index (χ1) is 12.6. The standard InChI is InChI=1S/C19H16N4O2S/c1-12-7-9-14(10-8-12)18-20-21-19-23(18)22-17(13-5-3-2-4-6-13)15(26-19)11-16(24)25/h2-10,15H,11H2,1H3,(H,24,25)/p-1/t15-/m1/s1. The number of thioether (sulfide) groups is 1. The summed E-state index contributed by atoms with van der Waals surface area (Å²) in [6.07, 6.45) is -0.134. The van der Waals surface area contributed by atoms with Crippen LogP contribution in [-0.2, 0) is 4.79 Å². The largest absolute Gasteiger partial charge is 0.550 e. The number of aromatic nitrogens is 3. The fourth-order valence-corrected chi connectivity index (χ4v) is 3.89. The minimum absolute atomic E-state index is 0.134. The van der Waals surface area contributed by atoms with Crippen LogP contribution in [0.4, 0.5) is 0 Å². The van der Waals surface area contributed by atoms with Gasteiger partial charge >= 0.3 is 0 Å². The predicted molar refractivity (Wildman–Crippen MR) is 97.8 cm³/mol. The molecule has 2 aromatic carbocycles. The van der Waals surface area contributed by atoms with Crippen molar-refractivity contribution in [3.8, 4) is 11.4 Å². The van der Waals surface area contributed by atoms with Crippen molar-refractivity contribution in [1.29, 1.82) is 0 Å². The third-order valence-electron chi connectivity index (χ3n) is 4.10. The zero-order valence-corrected chi connectivity index (χ0v) is 14.8. The summed E-state index contributed by atoms with van der Waals surface area (Å²) in [6, 6.07) is 17.5. The fourth-order valence-electron chi connectivity index (χ4n) is 2.81. The van der Waals surface area contributed by atoms with Gasteiger partial charge in [0.15, 0.2) is 5.82 Å². The summed E-state index contributed by atoms with van der Waals surface area (Å²) in [5.74, 6) is -0.481. The minimum Gasteiger partial charge on any atom is -0.550 e. The van der Waals surface area contributed by atoms with E-state index in [-0.39, 0.29) is 11.7 Å². The number of hydrogen-bond acceptors (Lipinski definition) is 6. The Kier molecular flexibility index (Phi) is 4.30. The Balaban J connectivity index is 1.82. The Morgan fingerprint density at radius 2 is 1.81 bits per heavy atom. The Labute approximate surface area is 154 Å². The van der Waals surface area contributed by atoms with Gasteiger partial charge in [-0.3, -0.25) is 0 Å². The average molecular weight is 363 g/mol. The maximum Gasteiger partial charge on any atom is 0.213 e. The van der Waals surface area contributed by atoms with E-state index < -0.39 is 5.97 Å². The molecule has 0 fully saturated rings. The highest BCUT2D eigenvalue weighted by Crippen LogP contribution is 2.34. The highest BCUT2D eigenvalue weighted by molar-refractivity contribution is 8.00. The molecule has 1 aliphatic heterocycles. The second-order valence-corrected chi connectivity index (χ2v) is 7.19. The lowest BCUT2D eigenvalue weighted by molar-refractivity contribution is -0.305. The van der Waals surface area contributed by atoms with Crippen LogP contribution in [0, 0.1) is 6.92 Å². The van der Waals surface area contributed by atoms with Gasteiger partial charge in [0.2, 0.25) is 5.16 Å². The second kappa shape index (κ2) is 6.76. The first-order valence-corrected chi connectivity index (χ1v) is 9.03. The van der Waals surface area contributed by atoms with E-state index in [2.05, 4.69) is 10.2 Å². The molecule has 2 heterocycles. The van der Waals surface area contributed by atoms with Crippen LogP contribution < -0.4 is 5.11 Å². The van der Waals surface area contributed by atoms with E-state index in [1.165, 1.54) is 11.8 Å². The topological polar surface area (TPSA) is 83.2 Å². The van der Waals surface area contributed by atoms with Gasteiger partial charge in [0, 0.05) is 18.0 Å². The van der Waals surface area contributed by atoms with Gasteiger partial charge in [-0.25, -0.2) is 0 Å². The van der Waals surface area contributed by atoms with E-state index in [4.69, 9.17) is 5.10 Å². The summed E-state index contributed by atoms with van der Waals surface area (Å²) >= 11 is 1.34. The van der Waals surface area contributed by atoms with Crippen molar-refractivity contribution < 1.29 is 9.90 Å². The molecular weight excluding hydrogens is 348 g/mol. The van der Waals surface area contributed by atoms with Gasteiger partial charge in [0.25, 0.3) is 0 Å². The van der Waals surface area contributed by atoms with Gasteiger partial charge < -0.3 is 9.90 Å². The van der Waals surface area contributed by atoms with Crippen molar-refractivity contribution in [2.24, 2.45) is 5.10 Å². The van der Waals surface area contributed by atoms with Crippen LogP contribution in [-0.4, -0.2) is 31.8 Å². The molecule has 130 valence electrons. The molecule has 0 N–H and O–H groups in total. The Hall–Kier alpha value is -2.93. The molecule has 3 aromatic rings. The van der Waals surface area contributed by atoms with E-state index >= 15 is 0 Å². The van der Waals surface area contributed by atoms with E-state index in [0.29, 0.717) is 16.7 Å². The van der Waals surface area contributed by atoms with Crippen molar-refractivity contribution >= 4 is 23.4 Å². The van der Waals surface area contributed by atoms with E-state index in [1.807, 2.05) is 61.5 Å². The van der Waals surface area contributed by atoms with Gasteiger partial charge in [-0.05, 0) is 12.5 Å². The molecule has 0 bridgehead atoms. The van der Waals surface area contributed by atoms with Gasteiger partial charge in [-0.1, -0.05) is 71.9 Å². The van der Waals surface area contributed by atoms with Gasteiger partial charge in [-0.15, -0.1) is 10.2 Å². The molecule has 1 atom stereocenters. The molecule has 6 nitrogen and oxygen atoms in total. The molecule has 1 aliphatic rings. The van der Waals surface area contributed by atoms with Crippen LogP contribution in [0.3, 0.4) is 0 Å². The zero-order valence-electron chi connectivity index (χ0n) is 14.0. The predicted octanol–water partition coefficient (Wildman–Crippen LogP) is 2.12. The lowest BCUT2D eigenvalue weighted by Gasteiger charge is -2.23. The summed E-state index contributed by atoms with van der Waals surface area (Å²) < 4.78 is 1.68. The lowest BCUT2D eigenvalue weighted by Crippen LogP contribution is -2.32. The Morgan fingerprint density at radius 3 is 2.50 bits per heavy atom. The molecule has 0 unspecified atom stereocenters. The van der Waals surface area contributed by atoms with Crippen LogP contribution in [0.1, 0.15) is 17.5 Å². The molecule has 0 saturated carbocycles. The SMILES string of the molecule is Cc1ccc(-c2nnc3n2N=C(c2ccccc2)[C@@H](CC(=O)[O-])S3)cc1. The normalized spacial score (nSPS) is 16.0. The minimum atomic E-state index is -1.11. The first-order valence-electron chi connectivity index (χ1n) is 8.15. The summed E-state index contributed by atoms with van der Waals surface area (Å²) in [5.41, 5.74) is 3.62. The fraction of sp³-hybridized carbons (Fsp3) is 0.158. The number of benzene rings is 2. The van der Waals surface area contributed by atoms with Crippen molar-refractivity contribution in [1.82, 2.24) is 14.9 Å². The summed E-state index contributed by atoms with van der Waals surface area (Å²) in [5, 5.41) is 24.6. The number of aliphatic carboxylic acids is 1. The first kappa shape index (κ1) is 16.5. The third-order valence-corrected chi connectivity index (χ3v) is 5.24. The molecule has 0 aliphatic carbocycles. The number of aryl methyl sites for hydroxylation is 1. The molecule has 4 rings (SSSR count). The zero-order chi connectivity index (χ0) is 18.1. The van der Waals surface area contributed by atoms with E-state index in [0.717, 1.165) is 16.7 Å². The molecule has 26 heavy (non-hydrogen) atoms. The number of hydrogen-bond donors (Lipinski definition) is 0. The van der Waals surface area contributed by atoms with Gasteiger partial charge in [0.1, 0.15) is 0 Å². The molecule has 0 amide bonds. The molecule has 0 spiro atoms. The molecule has 7 heteroatoms. The van der Waals surface area contributed by atoms with Crippen LogP contribution in [0.2, 0.25) is 0 Å². The summed E-state index contributed by atoms with van der Waals surface area (Å²) in [6.45, 7) is 2.02. The number of carboxylic acid groups (broad SMARTS) is 1. The number of fused-ring (bicyclic) bond motifs is 1. The highest BCUT2D eigenvalue weighted by Gasteiger charge is 2.29. The van der Waals surface area contributed by atoms with Crippen LogP contribution in [0.25, 0.3) is 11.4 Å². The third kappa shape index (κ3) is 3.13. The highest BCUT2D eigenvalue weighted by atomic mass is 32.2. The van der Waals surface area contributed by atoms with Crippen LogP contribution in [0.15, 0.2) is 64.9 Å². The van der Waals surface area contributed by atoms with Crippen LogP contribution >= 0.6 is 11.8 Å². The van der Waals surface area contributed by atoms with Gasteiger partial charge in [0.05, 0.1) is 11.0 Å². The van der Waals surface area contributed by atoms with Crippen molar-refractivity contribution in [2.45, 2.75) is 23.8 Å². The summed E-state index contributed by atoms with van der Waals surface area (Å²) in [4.78, 5) is 11.2. The monoisotopic (exact) mass is 363 g/mol. The smallest absolute Gasteiger partial charge is 0.213 e. The number of carboxylic acids is 1. The van der Waals surface area contributed by atoms with Crippen molar-refractivity contribution in [2.75, 3.05) is 0 Å². The molecule has 0 saturated heterocycles. The Morgan fingerprint density at radius 1 is 1.08 bits per heavy atom. The number of carbonyl (C=O) groups excluding carboxylic acids is 1. The van der Waals surface area contributed by atoms with E-state index in [1.54, 1.807) is 4.68 Å². The average Bonchev–Trinajstić information content (AvgIpc) is 3.05. The molecule has 1 aromatic heterocycles. The second-order valence-electron chi connectivity index (χ2n) is 6.02. The van der Waals surface area contributed by atoms with Gasteiger partial charge in [-0.2, -0.15) is 9.78 Å². The van der Waals surface area contributed by atoms with Crippen LogP contribution in [0.5, 0.6) is 0 Å². The quantitative estimate of drug-likeness (QED) is 0.709. The Bertz CT molecular complexity index is 981. The maximum atomic E-state index is 11.2. The van der Waals surface area contributed by atoms with E-state index in [9.17, 15) is 9.90 Å².